The molecule has 0 aromatic heterocycles. The van der Waals surface area contributed by atoms with Crippen molar-refractivity contribution < 1.29 is 4.74 Å². The van der Waals surface area contributed by atoms with Crippen molar-refractivity contribution in [1.82, 2.24) is 10.2 Å². The van der Waals surface area contributed by atoms with Gasteiger partial charge in [0.2, 0.25) is 0 Å². The molecule has 1 aromatic carbocycles. The molecule has 1 aromatic rings. The second kappa shape index (κ2) is 5.99. The first-order valence-electron chi connectivity index (χ1n) is 5.89. The maximum Gasteiger partial charge on any atom is 0.0826 e. The predicted molar refractivity (Wildman–Crippen MR) is 65.4 cm³/mol. The molecule has 2 rings (SSSR count). The van der Waals surface area contributed by atoms with E-state index in [1.807, 2.05) is 6.07 Å². The van der Waals surface area contributed by atoms with Gasteiger partial charge in [0.15, 0.2) is 0 Å². The van der Waals surface area contributed by atoms with E-state index in [0.29, 0.717) is 6.10 Å². The van der Waals surface area contributed by atoms with Crippen LogP contribution in [0.4, 0.5) is 0 Å². The van der Waals surface area contributed by atoms with Gasteiger partial charge in [0.1, 0.15) is 0 Å². The molecule has 0 amide bonds. The van der Waals surface area contributed by atoms with Crippen LogP contribution in [0.3, 0.4) is 0 Å². The summed E-state index contributed by atoms with van der Waals surface area (Å²) in [5, 5.41) is 3.44. The van der Waals surface area contributed by atoms with E-state index in [4.69, 9.17) is 4.74 Å². The average Bonchev–Trinajstić information content (AvgIpc) is 2.30. The standard InChI is InChI=1S/C13H20N2O/c1-15-7-8-16-13(11-15)10-14-9-12-5-3-2-4-6-12/h2-6,13-14H,7-11H2,1H3/t13-/m0/s1. The lowest BCUT2D eigenvalue weighted by molar-refractivity contribution is -0.0182. The molecular formula is C13H20N2O. The molecule has 3 heteroatoms. The third kappa shape index (κ3) is 3.59. The highest BCUT2D eigenvalue weighted by Gasteiger charge is 2.16. The Labute approximate surface area is 97.4 Å². The molecule has 0 radical (unpaired) electrons. The maximum absolute atomic E-state index is 5.68. The molecule has 1 saturated heterocycles. The number of morpholine rings is 1. The maximum atomic E-state index is 5.68. The lowest BCUT2D eigenvalue weighted by atomic mass is 10.2. The van der Waals surface area contributed by atoms with E-state index >= 15 is 0 Å². The van der Waals surface area contributed by atoms with Crippen LogP contribution in [0.15, 0.2) is 30.3 Å². The normalized spacial score (nSPS) is 22.2. The van der Waals surface area contributed by atoms with Crippen LogP contribution in [0.5, 0.6) is 0 Å². The van der Waals surface area contributed by atoms with Crippen LogP contribution in [0.2, 0.25) is 0 Å². The summed E-state index contributed by atoms with van der Waals surface area (Å²) in [4.78, 5) is 2.32. The van der Waals surface area contributed by atoms with Crippen molar-refractivity contribution in [3.8, 4) is 0 Å². The molecule has 1 aliphatic heterocycles. The molecule has 1 N–H and O–H groups in total. The van der Waals surface area contributed by atoms with Gasteiger partial charge in [-0.05, 0) is 12.6 Å². The first kappa shape index (κ1) is 11.6. The summed E-state index contributed by atoms with van der Waals surface area (Å²) in [6.07, 6.45) is 0.336. The molecule has 1 atom stereocenters. The number of rotatable bonds is 4. The summed E-state index contributed by atoms with van der Waals surface area (Å²) >= 11 is 0. The van der Waals surface area contributed by atoms with Crippen LogP contribution in [-0.4, -0.2) is 44.3 Å². The Morgan fingerprint density at radius 1 is 1.38 bits per heavy atom. The Morgan fingerprint density at radius 3 is 2.94 bits per heavy atom. The van der Waals surface area contributed by atoms with Gasteiger partial charge in [0.05, 0.1) is 12.7 Å². The van der Waals surface area contributed by atoms with Crippen molar-refractivity contribution in [2.24, 2.45) is 0 Å². The van der Waals surface area contributed by atoms with Crippen molar-refractivity contribution >= 4 is 0 Å². The van der Waals surface area contributed by atoms with Crippen molar-refractivity contribution in [3.63, 3.8) is 0 Å². The Kier molecular flexibility index (Phi) is 4.34. The van der Waals surface area contributed by atoms with Gasteiger partial charge in [-0.1, -0.05) is 30.3 Å². The SMILES string of the molecule is CN1CCO[C@@H](CNCc2ccccc2)C1. The zero-order valence-electron chi connectivity index (χ0n) is 9.86. The third-order valence-corrected chi connectivity index (χ3v) is 2.89. The minimum absolute atomic E-state index is 0.336. The summed E-state index contributed by atoms with van der Waals surface area (Å²) in [5.41, 5.74) is 1.33. The number of nitrogens with zero attached hydrogens (tertiary/aromatic N) is 1. The second-order valence-electron chi connectivity index (χ2n) is 4.37. The van der Waals surface area contributed by atoms with Crippen LogP contribution in [0.25, 0.3) is 0 Å². The fourth-order valence-electron chi connectivity index (χ4n) is 1.96. The Bertz CT molecular complexity index is 302. The highest BCUT2D eigenvalue weighted by molar-refractivity contribution is 5.14. The first-order valence-corrected chi connectivity index (χ1v) is 5.89. The predicted octanol–water partition coefficient (Wildman–Crippen LogP) is 1.11. The second-order valence-corrected chi connectivity index (χ2v) is 4.37. The fourth-order valence-corrected chi connectivity index (χ4v) is 1.96. The summed E-state index contributed by atoms with van der Waals surface area (Å²) in [6.45, 7) is 4.79. The molecule has 1 aliphatic rings. The zero-order chi connectivity index (χ0) is 11.2. The van der Waals surface area contributed by atoms with Gasteiger partial charge in [0, 0.05) is 26.2 Å². The minimum Gasteiger partial charge on any atom is -0.374 e. The van der Waals surface area contributed by atoms with Gasteiger partial charge in [0.25, 0.3) is 0 Å². The topological polar surface area (TPSA) is 24.5 Å². The first-order chi connectivity index (χ1) is 7.84. The smallest absolute Gasteiger partial charge is 0.0826 e. The number of likely N-dealkylation sites (N-methyl/N-ethyl adjacent to an activating group) is 1. The van der Waals surface area contributed by atoms with Crippen LogP contribution >= 0.6 is 0 Å². The molecule has 0 spiro atoms. The molecule has 3 nitrogen and oxygen atoms in total. The van der Waals surface area contributed by atoms with Gasteiger partial charge in [-0.2, -0.15) is 0 Å². The van der Waals surface area contributed by atoms with Crippen LogP contribution in [0.1, 0.15) is 5.56 Å². The molecule has 0 saturated carbocycles. The van der Waals surface area contributed by atoms with Crippen molar-refractivity contribution in [1.29, 1.82) is 0 Å². The largest absolute Gasteiger partial charge is 0.374 e. The average molecular weight is 220 g/mol. The molecule has 16 heavy (non-hydrogen) atoms. The van der Waals surface area contributed by atoms with Gasteiger partial charge in [-0.25, -0.2) is 0 Å². The quantitative estimate of drug-likeness (QED) is 0.822. The van der Waals surface area contributed by atoms with E-state index in [2.05, 4.69) is 41.5 Å². The summed E-state index contributed by atoms with van der Waals surface area (Å²) < 4.78 is 5.68. The van der Waals surface area contributed by atoms with E-state index in [1.54, 1.807) is 0 Å². The van der Waals surface area contributed by atoms with E-state index in [0.717, 1.165) is 32.8 Å². The molecule has 88 valence electrons. The molecule has 0 aliphatic carbocycles. The molecule has 1 fully saturated rings. The Hall–Kier alpha value is -0.900. The highest BCUT2D eigenvalue weighted by Crippen LogP contribution is 2.02. The third-order valence-electron chi connectivity index (χ3n) is 2.89. The monoisotopic (exact) mass is 220 g/mol. The van der Waals surface area contributed by atoms with Gasteiger partial charge in [-0.15, -0.1) is 0 Å². The number of benzene rings is 1. The lowest BCUT2D eigenvalue weighted by Crippen LogP contribution is -2.44. The van der Waals surface area contributed by atoms with E-state index in [1.165, 1.54) is 5.56 Å². The number of ether oxygens (including phenoxy) is 1. The Balaban J connectivity index is 1.68. The minimum atomic E-state index is 0.336. The van der Waals surface area contributed by atoms with Gasteiger partial charge < -0.3 is 15.0 Å². The molecule has 1 heterocycles. The van der Waals surface area contributed by atoms with E-state index in [9.17, 15) is 0 Å². The van der Waals surface area contributed by atoms with Crippen molar-refractivity contribution in [2.45, 2.75) is 12.6 Å². The highest BCUT2D eigenvalue weighted by atomic mass is 16.5. The van der Waals surface area contributed by atoms with Crippen LogP contribution < -0.4 is 5.32 Å². The molecule has 0 unspecified atom stereocenters. The number of hydrogen-bond acceptors (Lipinski definition) is 3. The number of hydrogen-bond donors (Lipinski definition) is 1. The van der Waals surface area contributed by atoms with Gasteiger partial charge >= 0.3 is 0 Å². The van der Waals surface area contributed by atoms with E-state index in [-0.39, 0.29) is 0 Å². The van der Waals surface area contributed by atoms with Crippen LogP contribution in [-0.2, 0) is 11.3 Å². The summed E-state index contributed by atoms with van der Waals surface area (Å²) in [5.74, 6) is 0. The van der Waals surface area contributed by atoms with Crippen LogP contribution in [0, 0.1) is 0 Å². The van der Waals surface area contributed by atoms with Gasteiger partial charge in [-0.3, -0.25) is 0 Å². The molecule has 0 bridgehead atoms. The van der Waals surface area contributed by atoms with Crippen molar-refractivity contribution in [2.75, 3.05) is 33.3 Å². The zero-order valence-corrected chi connectivity index (χ0v) is 9.86. The Morgan fingerprint density at radius 2 is 2.19 bits per heavy atom. The van der Waals surface area contributed by atoms with E-state index < -0.39 is 0 Å². The molecular weight excluding hydrogens is 200 g/mol. The fraction of sp³-hybridized carbons (Fsp3) is 0.538. The summed E-state index contributed by atoms with van der Waals surface area (Å²) in [7, 11) is 2.15. The van der Waals surface area contributed by atoms with Crippen molar-refractivity contribution in [3.05, 3.63) is 35.9 Å². The summed E-state index contributed by atoms with van der Waals surface area (Å²) in [6, 6.07) is 10.5. The number of nitrogens with one attached hydrogen (secondary N) is 1. The lowest BCUT2D eigenvalue weighted by Gasteiger charge is -2.30.